The third-order valence-corrected chi connectivity index (χ3v) is 4.73. The van der Waals surface area contributed by atoms with Crippen LogP contribution in [0.5, 0.6) is 5.75 Å². The Morgan fingerprint density at radius 2 is 1.79 bits per heavy atom. The SMILES string of the molecule is Cc1cc(NC(=O)c2ccc(Cl)cc2)nn1Cc1cc(Cl)ccc1OCC(C)C. The predicted molar refractivity (Wildman–Crippen MR) is 117 cm³/mol. The number of carbonyl (C=O) groups excluding carboxylic acids is 1. The van der Waals surface area contributed by atoms with Crippen LogP contribution >= 0.6 is 23.2 Å². The molecular formula is C22H23Cl2N3O2. The summed E-state index contributed by atoms with van der Waals surface area (Å²) in [5.41, 5.74) is 2.35. The van der Waals surface area contributed by atoms with Crippen molar-refractivity contribution in [1.29, 1.82) is 0 Å². The standard InChI is InChI=1S/C22H23Cl2N3O2/c1-14(2)13-29-20-9-8-19(24)11-17(20)12-27-15(3)10-21(26-27)25-22(28)16-4-6-18(23)7-5-16/h4-11,14H,12-13H2,1-3H3,(H,25,26,28). The van der Waals surface area contributed by atoms with Crippen molar-refractivity contribution in [3.63, 3.8) is 0 Å². The number of amides is 1. The largest absolute Gasteiger partial charge is 0.493 e. The fourth-order valence-electron chi connectivity index (χ4n) is 2.75. The van der Waals surface area contributed by atoms with Crippen LogP contribution in [0.15, 0.2) is 48.5 Å². The topological polar surface area (TPSA) is 56.2 Å². The zero-order chi connectivity index (χ0) is 21.0. The molecule has 0 radical (unpaired) electrons. The number of ether oxygens (including phenoxy) is 1. The highest BCUT2D eigenvalue weighted by molar-refractivity contribution is 6.31. The Balaban J connectivity index is 1.76. The fraction of sp³-hybridized carbons (Fsp3) is 0.273. The van der Waals surface area contributed by atoms with Crippen molar-refractivity contribution < 1.29 is 9.53 Å². The van der Waals surface area contributed by atoms with E-state index in [-0.39, 0.29) is 5.91 Å². The van der Waals surface area contributed by atoms with Gasteiger partial charge >= 0.3 is 0 Å². The second-order valence-corrected chi connectivity index (χ2v) is 8.12. The van der Waals surface area contributed by atoms with Crippen LogP contribution in [0, 0.1) is 12.8 Å². The number of rotatable bonds is 7. The Labute approximate surface area is 180 Å². The first kappa shape index (κ1) is 21.2. The van der Waals surface area contributed by atoms with Gasteiger partial charge in [-0.1, -0.05) is 37.0 Å². The number of nitrogens with zero attached hydrogens (tertiary/aromatic N) is 2. The lowest BCUT2D eigenvalue weighted by Gasteiger charge is -2.14. The maximum Gasteiger partial charge on any atom is 0.256 e. The molecule has 0 atom stereocenters. The van der Waals surface area contributed by atoms with Gasteiger partial charge in [0.05, 0.1) is 13.2 Å². The minimum Gasteiger partial charge on any atom is -0.493 e. The molecule has 0 aliphatic heterocycles. The molecule has 2 aromatic carbocycles. The van der Waals surface area contributed by atoms with E-state index in [1.54, 1.807) is 24.3 Å². The number of aromatic nitrogens is 2. The Hall–Kier alpha value is -2.50. The first-order valence-corrected chi connectivity index (χ1v) is 10.1. The van der Waals surface area contributed by atoms with E-state index in [1.165, 1.54) is 0 Å². The van der Waals surface area contributed by atoms with Gasteiger partial charge in [0.25, 0.3) is 5.91 Å². The average molecular weight is 432 g/mol. The molecule has 1 aromatic heterocycles. The molecule has 1 heterocycles. The van der Waals surface area contributed by atoms with E-state index in [9.17, 15) is 4.79 Å². The van der Waals surface area contributed by atoms with Crippen molar-refractivity contribution in [2.45, 2.75) is 27.3 Å². The van der Waals surface area contributed by atoms with E-state index < -0.39 is 0 Å². The van der Waals surface area contributed by atoms with Crippen LogP contribution in [0.1, 0.15) is 35.5 Å². The molecule has 29 heavy (non-hydrogen) atoms. The van der Waals surface area contributed by atoms with Crippen LogP contribution in [-0.4, -0.2) is 22.3 Å². The summed E-state index contributed by atoms with van der Waals surface area (Å²) in [4.78, 5) is 12.4. The molecule has 0 fully saturated rings. The number of benzene rings is 2. The van der Waals surface area contributed by atoms with Gasteiger partial charge in [-0.05, 0) is 55.3 Å². The van der Waals surface area contributed by atoms with Crippen molar-refractivity contribution in [1.82, 2.24) is 9.78 Å². The quantitative estimate of drug-likeness (QED) is 0.511. The van der Waals surface area contributed by atoms with E-state index in [0.29, 0.717) is 40.5 Å². The van der Waals surface area contributed by atoms with E-state index in [1.807, 2.05) is 35.9 Å². The van der Waals surface area contributed by atoms with E-state index in [4.69, 9.17) is 27.9 Å². The Kier molecular flexibility index (Phi) is 6.83. The van der Waals surface area contributed by atoms with Crippen molar-refractivity contribution in [3.05, 3.63) is 75.4 Å². The van der Waals surface area contributed by atoms with Crippen LogP contribution < -0.4 is 10.1 Å². The molecule has 5 nitrogen and oxygen atoms in total. The molecule has 0 bridgehead atoms. The normalized spacial score (nSPS) is 11.0. The summed E-state index contributed by atoms with van der Waals surface area (Å²) in [7, 11) is 0. The van der Waals surface area contributed by atoms with E-state index in [2.05, 4.69) is 24.3 Å². The van der Waals surface area contributed by atoms with Crippen LogP contribution in [-0.2, 0) is 6.54 Å². The number of halogens is 2. The zero-order valence-corrected chi connectivity index (χ0v) is 18.1. The first-order valence-electron chi connectivity index (χ1n) is 9.34. The van der Waals surface area contributed by atoms with Gasteiger partial charge in [-0.2, -0.15) is 5.10 Å². The molecule has 0 unspecified atom stereocenters. The minimum atomic E-state index is -0.241. The molecule has 7 heteroatoms. The number of aryl methyl sites for hydroxylation is 1. The summed E-state index contributed by atoms with van der Waals surface area (Å²) in [6.07, 6.45) is 0. The lowest BCUT2D eigenvalue weighted by atomic mass is 10.2. The highest BCUT2D eigenvalue weighted by Gasteiger charge is 2.13. The number of hydrogen-bond acceptors (Lipinski definition) is 3. The van der Waals surface area contributed by atoms with Crippen molar-refractivity contribution in [2.24, 2.45) is 5.92 Å². The van der Waals surface area contributed by atoms with Crippen molar-refractivity contribution in [2.75, 3.05) is 11.9 Å². The summed E-state index contributed by atoms with van der Waals surface area (Å²) in [6, 6.07) is 14.1. The maximum absolute atomic E-state index is 12.4. The van der Waals surface area contributed by atoms with Gasteiger partial charge in [0.1, 0.15) is 5.75 Å². The molecule has 1 amide bonds. The summed E-state index contributed by atoms with van der Waals surface area (Å²) >= 11 is 12.1. The molecule has 3 rings (SSSR count). The Morgan fingerprint density at radius 3 is 2.48 bits per heavy atom. The molecule has 152 valence electrons. The van der Waals surface area contributed by atoms with Crippen molar-refractivity contribution >= 4 is 34.9 Å². The number of hydrogen-bond donors (Lipinski definition) is 1. The number of anilines is 1. The zero-order valence-electron chi connectivity index (χ0n) is 16.6. The van der Waals surface area contributed by atoms with E-state index >= 15 is 0 Å². The summed E-state index contributed by atoms with van der Waals surface area (Å²) in [6.45, 7) is 7.24. The van der Waals surface area contributed by atoms with Crippen LogP contribution in [0.4, 0.5) is 5.82 Å². The molecule has 0 saturated heterocycles. The van der Waals surface area contributed by atoms with Gasteiger partial charge in [0.2, 0.25) is 0 Å². The van der Waals surface area contributed by atoms with Gasteiger partial charge in [0.15, 0.2) is 5.82 Å². The second kappa shape index (κ2) is 9.33. The first-order chi connectivity index (χ1) is 13.8. The summed E-state index contributed by atoms with van der Waals surface area (Å²) < 4.78 is 7.74. The molecule has 0 spiro atoms. The predicted octanol–water partition coefficient (Wildman–Crippen LogP) is 5.83. The minimum absolute atomic E-state index is 0.241. The van der Waals surface area contributed by atoms with Crippen LogP contribution in [0.3, 0.4) is 0 Å². The highest BCUT2D eigenvalue weighted by Crippen LogP contribution is 2.25. The maximum atomic E-state index is 12.4. The third kappa shape index (κ3) is 5.75. The van der Waals surface area contributed by atoms with E-state index in [0.717, 1.165) is 17.0 Å². The molecule has 0 saturated carbocycles. The fourth-order valence-corrected chi connectivity index (χ4v) is 3.07. The molecule has 0 aliphatic carbocycles. The lowest BCUT2D eigenvalue weighted by Crippen LogP contribution is -2.13. The molecule has 3 aromatic rings. The highest BCUT2D eigenvalue weighted by atomic mass is 35.5. The monoisotopic (exact) mass is 431 g/mol. The van der Waals surface area contributed by atoms with Gasteiger partial charge < -0.3 is 10.1 Å². The molecule has 1 N–H and O–H groups in total. The number of nitrogens with one attached hydrogen (secondary N) is 1. The van der Waals surface area contributed by atoms with Crippen molar-refractivity contribution in [3.8, 4) is 5.75 Å². The Morgan fingerprint density at radius 1 is 1.10 bits per heavy atom. The average Bonchev–Trinajstić information content (AvgIpc) is 3.00. The van der Waals surface area contributed by atoms with Gasteiger partial charge in [-0.3, -0.25) is 9.48 Å². The third-order valence-electron chi connectivity index (χ3n) is 4.24. The van der Waals surface area contributed by atoms with Crippen LogP contribution in [0.2, 0.25) is 10.0 Å². The lowest BCUT2D eigenvalue weighted by molar-refractivity contribution is 0.102. The molecule has 0 aliphatic rings. The number of carbonyl (C=O) groups is 1. The van der Waals surface area contributed by atoms with Gasteiger partial charge in [0, 0.05) is 32.9 Å². The molecular weight excluding hydrogens is 409 g/mol. The van der Waals surface area contributed by atoms with Gasteiger partial charge in [-0.25, -0.2) is 0 Å². The second-order valence-electron chi connectivity index (χ2n) is 7.25. The van der Waals surface area contributed by atoms with Crippen LogP contribution in [0.25, 0.3) is 0 Å². The Bertz CT molecular complexity index is 998. The van der Waals surface area contributed by atoms with Gasteiger partial charge in [-0.15, -0.1) is 0 Å². The summed E-state index contributed by atoms with van der Waals surface area (Å²) in [5, 5.41) is 8.55. The smallest absolute Gasteiger partial charge is 0.256 e. The summed E-state index contributed by atoms with van der Waals surface area (Å²) in [5.74, 6) is 1.44.